The fourth-order valence-electron chi connectivity index (χ4n) is 2.85. The van der Waals surface area contributed by atoms with Gasteiger partial charge < -0.3 is 10.6 Å². The van der Waals surface area contributed by atoms with E-state index in [1.54, 1.807) is 30.3 Å². The maximum Gasteiger partial charge on any atom is 0.284 e. The number of nitro groups is 2. The van der Waals surface area contributed by atoms with Gasteiger partial charge in [-0.25, -0.2) is 0 Å². The van der Waals surface area contributed by atoms with Crippen molar-refractivity contribution in [1.82, 2.24) is 10.6 Å². The van der Waals surface area contributed by atoms with E-state index in [9.17, 15) is 25.0 Å². The van der Waals surface area contributed by atoms with Gasteiger partial charge in [-0.05, 0) is 12.5 Å². The van der Waals surface area contributed by atoms with Gasteiger partial charge in [0.15, 0.2) is 5.78 Å². The molecule has 0 spiro atoms. The molecule has 2 aromatic rings. The van der Waals surface area contributed by atoms with Gasteiger partial charge in [0, 0.05) is 24.7 Å². The molecular weight excluding hydrogens is 352 g/mol. The highest BCUT2D eigenvalue weighted by Gasteiger charge is 2.29. The summed E-state index contributed by atoms with van der Waals surface area (Å²) in [6.45, 7) is 1.21. The van der Waals surface area contributed by atoms with E-state index in [2.05, 4.69) is 10.6 Å². The molecule has 1 fully saturated rings. The van der Waals surface area contributed by atoms with Crippen molar-refractivity contribution in [2.45, 2.75) is 6.42 Å². The van der Waals surface area contributed by atoms with Gasteiger partial charge in [0.25, 0.3) is 11.4 Å². The number of non-ortho nitro benzene ring substituents is 1. The number of nitrogens with zero attached hydrogens (tertiary/aromatic N) is 2. The summed E-state index contributed by atoms with van der Waals surface area (Å²) in [5.74, 6) is -0.0310. The molecule has 0 bridgehead atoms. The first-order valence-electron chi connectivity index (χ1n) is 8.24. The van der Waals surface area contributed by atoms with Crippen LogP contribution >= 0.6 is 0 Å². The first-order valence-corrected chi connectivity index (χ1v) is 8.24. The van der Waals surface area contributed by atoms with Crippen molar-refractivity contribution in [2.75, 3.05) is 13.1 Å². The Hall–Kier alpha value is -3.75. The quantitative estimate of drug-likeness (QED) is 0.359. The maximum absolute atomic E-state index is 13.1. The van der Waals surface area contributed by atoms with Crippen molar-refractivity contribution in [3.8, 4) is 0 Å². The Morgan fingerprint density at radius 1 is 0.926 bits per heavy atom. The van der Waals surface area contributed by atoms with Crippen LogP contribution in [0.1, 0.15) is 22.3 Å². The van der Waals surface area contributed by atoms with Crippen molar-refractivity contribution >= 4 is 22.7 Å². The second-order valence-electron chi connectivity index (χ2n) is 5.87. The number of Topliss-reactive ketones (excluding diaryl/α,β-unsaturated/α-hetero) is 1. The van der Waals surface area contributed by atoms with Crippen LogP contribution in [0.25, 0.3) is 5.57 Å². The number of carbonyl (C=O) groups is 1. The highest BCUT2D eigenvalue weighted by Crippen LogP contribution is 2.33. The molecule has 0 radical (unpaired) electrons. The number of ketones is 1. The van der Waals surface area contributed by atoms with E-state index < -0.39 is 27.0 Å². The van der Waals surface area contributed by atoms with E-state index in [4.69, 9.17) is 0 Å². The number of carbonyl (C=O) groups excluding carboxylic acids is 1. The number of nitro benzene ring substituents is 2. The summed E-state index contributed by atoms with van der Waals surface area (Å²) in [6.07, 6.45) is 0.832. The Morgan fingerprint density at radius 3 is 2.19 bits per heavy atom. The second-order valence-corrected chi connectivity index (χ2v) is 5.87. The highest BCUT2D eigenvalue weighted by atomic mass is 16.6. The summed E-state index contributed by atoms with van der Waals surface area (Å²) >= 11 is 0. The molecule has 1 heterocycles. The number of hydrogen-bond donors (Lipinski definition) is 2. The van der Waals surface area contributed by atoms with E-state index in [0.717, 1.165) is 18.6 Å². The molecule has 9 nitrogen and oxygen atoms in total. The number of rotatable bonds is 5. The maximum atomic E-state index is 13.1. The number of hydrogen-bond acceptors (Lipinski definition) is 7. The average Bonchev–Trinajstić information content (AvgIpc) is 2.69. The van der Waals surface area contributed by atoms with Gasteiger partial charge in [0.05, 0.1) is 27.0 Å². The molecule has 0 unspecified atom stereocenters. The predicted octanol–water partition coefficient (Wildman–Crippen LogP) is 2.64. The smallest absolute Gasteiger partial charge is 0.284 e. The summed E-state index contributed by atoms with van der Waals surface area (Å²) in [7, 11) is 0. The fourth-order valence-corrected chi connectivity index (χ4v) is 2.85. The van der Waals surface area contributed by atoms with E-state index in [0.29, 0.717) is 24.5 Å². The largest absolute Gasteiger partial charge is 0.371 e. The van der Waals surface area contributed by atoms with Crippen molar-refractivity contribution in [1.29, 1.82) is 0 Å². The second kappa shape index (κ2) is 7.65. The molecule has 9 heteroatoms. The van der Waals surface area contributed by atoms with Gasteiger partial charge in [0.2, 0.25) is 0 Å². The van der Waals surface area contributed by atoms with Crippen LogP contribution in [-0.2, 0) is 0 Å². The van der Waals surface area contributed by atoms with Gasteiger partial charge in [-0.1, -0.05) is 30.3 Å². The van der Waals surface area contributed by atoms with Crippen molar-refractivity contribution in [3.63, 3.8) is 0 Å². The number of allylic oxidation sites excluding steroid dienone is 1. The zero-order valence-corrected chi connectivity index (χ0v) is 14.2. The number of benzene rings is 2. The Labute approximate surface area is 154 Å². The van der Waals surface area contributed by atoms with Crippen LogP contribution in [0.2, 0.25) is 0 Å². The predicted molar refractivity (Wildman–Crippen MR) is 98.1 cm³/mol. The standard InChI is InChI=1S/C18H16N4O5/c23-17(12-5-2-1-3-6-12)16(18-19-9-4-10-20-18)14-8-7-13(21(24)25)11-15(14)22(26)27/h1-3,5-8,11,19-20H,4,9-10H2. The third-order valence-corrected chi connectivity index (χ3v) is 4.13. The Kier molecular flexibility index (Phi) is 5.11. The summed E-state index contributed by atoms with van der Waals surface area (Å²) in [5, 5.41) is 28.7. The number of nitrogens with one attached hydrogen (secondary N) is 2. The lowest BCUT2D eigenvalue weighted by atomic mass is 9.94. The van der Waals surface area contributed by atoms with Crippen molar-refractivity contribution < 1.29 is 14.6 Å². The molecule has 27 heavy (non-hydrogen) atoms. The zero-order valence-electron chi connectivity index (χ0n) is 14.2. The molecular formula is C18H16N4O5. The van der Waals surface area contributed by atoms with Crippen molar-refractivity contribution in [2.24, 2.45) is 0 Å². The summed E-state index contributed by atoms with van der Waals surface area (Å²) in [5.41, 5.74) is -0.433. The Morgan fingerprint density at radius 2 is 1.59 bits per heavy atom. The first-order chi connectivity index (χ1) is 13.0. The molecule has 1 aliphatic rings. The summed E-state index contributed by atoms with van der Waals surface area (Å²) in [6, 6.07) is 11.7. The lowest BCUT2D eigenvalue weighted by Gasteiger charge is -2.22. The lowest BCUT2D eigenvalue weighted by Crippen LogP contribution is -2.37. The molecule has 1 saturated heterocycles. The van der Waals surface area contributed by atoms with Gasteiger partial charge in [0.1, 0.15) is 5.82 Å². The van der Waals surface area contributed by atoms with E-state index >= 15 is 0 Å². The SMILES string of the molecule is O=C(C(=C1NCCCN1)c1ccc([N+](=O)[O-])cc1[N+](=O)[O-])c1ccccc1. The van der Waals surface area contributed by atoms with Crippen LogP contribution < -0.4 is 10.6 Å². The summed E-state index contributed by atoms with van der Waals surface area (Å²) in [4.78, 5) is 34.3. The minimum Gasteiger partial charge on any atom is -0.371 e. The zero-order chi connectivity index (χ0) is 19.4. The topological polar surface area (TPSA) is 127 Å². The molecule has 3 rings (SSSR count). The van der Waals surface area contributed by atoms with Gasteiger partial charge in [-0.2, -0.15) is 0 Å². The Bertz CT molecular complexity index is 932. The summed E-state index contributed by atoms with van der Waals surface area (Å²) < 4.78 is 0. The minimum atomic E-state index is -0.718. The lowest BCUT2D eigenvalue weighted by molar-refractivity contribution is -0.394. The molecule has 0 aliphatic carbocycles. The first kappa shape index (κ1) is 18.1. The molecule has 0 saturated carbocycles. The average molecular weight is 368 g/mol. The molecule has 0 aromatic heterocycles. The third kappa shape index (κ3) is 3.76. The van der Waals surface area contributed by atoms with Crippen molar-refractivity contribution in [3.05, 3.63) is 85.7 Å². The highest BCUT2D eigenvalue weighted by molar-refractivity contribution is 6.30. The molecule has 1 aliphatic heterocycles. The van der Waals surface area contributed by atoms with Gasteiger partial charge in [-0.15, -0.1) is 0 Å². The molecule has 138 valence electrons. The van der Waals surface area contributed by atoms with E-state index in [1.165, 1.54) is 6.07 Å². The van der Waals surface area contributed by atoms with Gasteiger partial charge >= 0.3 is 0 Å². The third-order valence-electron chi connectivity index (χ3n) is 4.13. The molecule has 2 aromatic carbocycles. The molecule has 0 atom stereocenters. The Balaban J connectivity index is 2.21. The normalized spacial score (nSPS) is 13.3. The van der Waals surface area contributed by atoms with E-state index in [1.807, 2.05) is 0 Å². The van der Waals surface area contributed by atoms with Crippen LogP contribution in [0.15, 0.2) is 54.4 Å². The fraction of sp³-hybridized carbons (Fsp3) is 0.167. The van der Waals surface area contributed by atoms with E-state index in [-0.39, 0.29) is 11.1 Å². The van der Waals surface area contributed by atoms with Crippen LogP contribution in [0.5, 0.6) is 0 Å². The molecule has 2 N–H and O–H groups in total. The van der Waals surface area contributed by atoms with Crippen LogP contribution in [-0.4, -0.2) is 28.7 Å². The van der Waals surface area contributed by atoms with Crippen LogP contribution in [0.4, 0.5) is 11.4 Å². The van der Waals surface area contributed by atoms with Crippen LogP contribution in [0, 0.1) is 20.2 Å². The monoisotopic (exact) mass is 368 g/mol. The minimum absolute atomic E-state index is 0.0244. The van der Waals surface area contributed by atoms with Gasteiger partial charge in [-0.3, -0.25) is 25.0 Å². The van der Waals surface area contributed by atoms with Crippen LogP contribution in [0.3, 0.4) is 0 Å². The molecule has 0 amide bonds.